The molecule has 0 saturated heterocycles. The minimum absolute atomic E-state index is 0.0287. The molecule has 0 N–H and O–H groups in total. The average Bonchev–Trinajstić information content (AvgIpc) is 2.17. The molecule has 0 radical (unpaired) electrons. The molecule has 1 rings (SSSR count). The van der Waals surface area contributed by atoms with Crippen molar-refractivity contribution in [3.05, 3.63) is 35.4 Å². The quantitative estimate of drug-likeness (QED) is 0.690. The van der Waals surface area contributed by atoms with Crippen LogP contribution in [0, 0.1) is 0 Å². The Balaban J connectivity index is 3.22. The van der Waals surface area contributed by atoms with E-state index < -0.39 is 11.7 Å². The van der Waals surface area contributed by atoms with Crippen LogP contribution in [0.25, 0.3) is 0 Å². The molecule has 1 aromatic rings. The lowest BCUT2D eigenvalue weighted by Crippen LogP contribution is -2.15. The van der Waals surface area contributed by atoms with Crippen LogP contribution in [0.3, 0.4) is 0 Å². The van der Waals surface area contributed by atoms with Crippen molar-refractivity contribution in [2.75, 3.05) is 0 Å². The van der Waals surface area contributed by atoms with Crippen LogP contribution in [0.5, 0.6) is 0 Å². The first-order valence-electron chi connectivity index (χ1n) is 5.18. The van der Waals surface area contributed by atoms with Crippen molar-refractivity contribution < 1.29 is 13.2 Å². The fourth-order valence-corrected chi connectivity index (χ4v) is 2.53. The molecule has 16 heavy (non-hydrogen) atoms. The molecule has 0 heterocycles. The van der Waals surface area contributed by atoms with E-state index in [9.17, 15) is 13.2 Å². The second-order valence-electron chi connectivity index (χ2n) is 3.78. The van der Waals surface area contributed by atoms with Gasteiger partial charge in [0.2, 0.25) is 0 Å². The van der Waals surface area contributed by atoms with Crippen molar-refractivity contribution in [1.82, 2.24) is 0 Å². The SMILES string of the molecule is CCC(c1ccccc1C(F)(F)F)C(C)Br. The number of halogens is 4. The third-order valence-corrected chi connectivity index (χ3v) is 3.30. The van der Waals surface area contributed by atoms with Crippen LogP contribution >= 0.6 is 15.9 Å². The molecule has 0 saturated carbocycles. The molecule has 4 heteroatoms. The zero-order valence-electron chi connectivity index (χ0n) is 9.18. The molecule has 0 bridgehead atoms. The summed E-state index contributed by atoms with van der Waals surface area (Å²) in [5, 5.41) is 0. The molecule has 0 aromatic heterocycles. The standard InChI is InChI=1S/C12H14BrF3/c1-3-9(8(2)13)10-6-4-5-7-11(10)12(14,15)16/h4-9H,3H2,1-2H3. The van der Waals surface area contributed by atoms with Crippen LogP contribution in [-0.2, 0) is 6.18 Å². The van der Waals surface area contributed by atoms with E-state index in [1.807, 2.05) is 13.8 Å². The van der Waals surface area contributed by atoms with Gasteiger partial charge in [0.1, 0.15) is 0 Å². The van der Waals surface area contributed by atoms with Crippen LogP contribution in [0.2, 0.25) is 0 Å². The van der Waals surface area contributed by atoms with E-state index in [4.69, 9.17) is 0 Å². The Hall–Kier alpha value is -0.510. The van der Waals surface area contributed by atoms with Gasteiger partial charge in [-0.15, -0.1) is 0 Å². The molecule has 0 fully saturated rings. The van der Waals surface area contributed by atoms with Crippen LogP contribution in [0.15, 0.2) is 24.3 Å². The summed E-state index contributed by atoms with van der Waals surface area (Å²) in [6, 6.07) is 5.79. The largest absolute Gasteiger partial charge is 0.416 e. The van der Waals surface area contributed by atoms with Gasteiger partial charge in [0.15, 0.2) is 0 Å². The molecule has 0 aliphatic rings. The zero-order valence-corrected chi connectivity index (χ0v) is 10.8. The van der Waals surface area contributed by atoms with Gasteiger partial charge in [-0.3, -0.25) is 0 Å². The Morgan fingerprint density at radius 2 is 1.81 bits per heavy atom. The summed E-state index contributed by atoms with van der Waals surface area (Å²) in [6.45, 7) is 3.77. The molecular weight excluding hydrogens is 281 g/mol. The summed E-state index contributed by atoms with van der Waals surface area (Å²) in [5.74, 6) is -0.113. The van der Waals surface area contributed by atoms with Crippen molar-refractivity contribution in [3.63, 3.8) is 0 Å². The van der Waals surface area contributed by atoms with Gasteiger partial charge < -0.3 is 0 Å². The van der Waals surface area contributed by atoms with Gasteiger partial charge in [-0.05, 0) is 24.0 Å². The Bertz CT molecular complexity index is 344. The molecule has 0 aliphatic carbocycles. The molecule has 2 atom stereocenters. The van der Waals surface area contributed by atoms with Gasteiger partial charge >= 0.3 is 6.18 Å². The Morgan fingerprint density at radius 3 is 2.25 bits per heavy atom. The van der Waals surface area contributed by atoms with Gasteiger partial charge in [-0.25, -0.2) is 0 Å². The fraction of sp³-hybridized carbons (Fsp3) is 0.500. The predicted molar refractivity (Wildman–Crippen MR) is 62.9 cm³/mol. The summed E-state index contributed by atoms with van der Waals surface area (Å²) in [4.78, 5) is 0.0287. The third kappa shape index (κ3) is 3.00. The Morgan fingerprint density at radius 1 is 1.25 bits per heavy atom. The molecule has 2 unspecified atom stereocenters. The van der Waals surface area contributed by atoms with Crippen LogP contribution in [-0.4, -0.2) is 4.83 Å². The second-order valence-corrected chi connectivity index (χ2v) is 5.22. The van der Waals surface area contributed by atoms with Gasteiger partial charge in [0.25, 0.3) is 0 Å². The minimum Gasteiger partial charge on any atom is -0.166 e. The zero-order chi connectivity index (χ0) is 12.3. The summed E-state index contributed by atoms with van der Waals surface area (Å²) in [7, 11) is 0. The van der Waals surface area contributed by atoms with Crippen LogP contribution < -0.4 is 0 Å². The van der Waals surface area contributed by atoms with Gasteiger partial charge in [-0.2, -0.15) is 13.2 Å². The summed E-state index contributed by atoms with van der Waals surface area (Å²) in [6.07, 6.45) is -3.59. The number of alkyl halides is 4. The molecule has 0 spiro atoms. The van der Waals surface area contributed by atoms with Crippen molar-refractivity contribution in [3.8, 4) is 0 Å². The lowest BCUT2D eigenvalue weighted by Gasteiger charge is -2.22. The highest BCUT2D eigenvalue weighted by molar-refractivity contribution is 9.09. The predicted octanol–water partition coefficient (Wildman–Crippen LogP) is 4.98. The average molecular weight is 295 g/mol. The maximum atomic E-state index is 12.8. The van der Waals surface area contributed by atoms with Crippen LogP contribution in [0.1, 0.15) is 37.3 Å². The lowest BCUT2D eigenvalue weighted by molar-refractivity contribution is -0.138. The van der Waals surface area contributed by atoms with Crippen molar-refractivity contribution >= 4 is 15.9 Å². The molecular formula is C12H14BrF3. The lowest BCUT2D eigenvalue weighted by atomic mass is 9.90. The van der Waals surface area contributed by atoms with Crippen molar-refractivity contribution in [1.29, 1.82) is 0 Å². The highest BCUT2D eigenvalue weighted by Crippen LogP contribution is 2.38. The fourth-order valence-electron chi connectivity index (χ4n) is 1.87. The van der Waals surface area contributed by atoms with Crippen LogP contribution in [0.4, 0.5) is 13.2 Å². The normalized spacial score (nSPS) is 15.9. The molecule has 0 amide bonds. The monoisotopic (exact) mass is 294 g/mol. The van der Waals surface area contributed by atoms with Crippen molar-refractivity contribution in [2.24, 2.45) is 0 Å². The number of rotatable bonds is 3. The van der Waals surface area contributed by atoms with Gasteiger partial charge in [0.05, 0.1) is 5.56 Å². The second kappa shape index (κ2) is 5.21. The van der Waals surface area contributed by atoms with E-state index in [0.717, 1.165) is 6.07 Å². The third-order valence-electron chi connectivity index (χ3n) is 2.66. The van der Waals surface area contributed by atoms with E-state index >= 15 is 0 Å². The molecule has 0 nitrogen and oxygen atoms in total. The first-order valence-corrected chi connectivity index (χ1v) is 6.09. The summed E-state index contributed by atoms with van der Waals surface area (Å²) in [5.41, 5.74) is -0.143. The van der Waals surface area contributed by atoms with E-state index in [-0.39, 0.29) is 10.7 Å². The number of hydrogen-bond donors (Lipinski definition) is 0. The molecule has 0 aliphatic heterocycles. The maximum Gasteiger partial charge on any atom is 0.416 e. The Labute approximate surface area is 102 Å². The highest BCUT2D eigenvalue weighted by Gasteiger charge is 2.35. The van der Waals surface area contributed by atoms with E-state index in [2.05, 4.69) is 15.9 Å². The van der Waals surface area contributed by atoms with Gasteiger partial charge in [-0.1, -0.05) is 48.0 Å². The topological polar surface area (TPSA) is 0 Å². The minimum atomic E-state index is -4.27. The smallest absolute Gasteiger partial charge is 0.166 e. The van der Waals surface area contributed by atoms with E-state index in [0.29, 0.717) is 12.0 Å². The molecule has 90 valence electrons. The van der Waals surface area contributed by atoms with Crippen molar-refractivity contribution in [2.45, 2.75) is 37.2 Å². The highest BCUT2D eigenvalue weighted by atomic mass is 79.9. The van der Waals surface area contributed by atoms with E-state index in [1.54, 1.807) is 12.1 Å². The number of benzene rings is 1. The summed E-state index contributed by atoms with van der Waals surface area (Å²) >= 11 is 3.37. The first kappa shape index (κ1) is 13.6. The number of hydrogen-bond acceptors (Lipinski definition) is 0. The summed E-state index contributed by atoms with van der Waals surface area (Å²) < 4.78 is 38.4. The first-order chi connectivity index (χ1) is 7.38. The Kier molecular flexibility index (Phi) is 4.42. The van der Waals surface area contributed by atoms with Gasteiger partial charge in [0, 0.05) is 4.83 Å². The molecule has 1 aromatic carbocycles. The van der Waals surface area contributed by atoms with E-state index in [1.165, 1.54) is 6.07 Å². The maximum absolute atomic E-state index is 12.8.